The van der Waals surface area contributed by atoms with Crippen molar-refractivity contribution >= 4 is 17.1 Å². The van der Waals surface area contributed by atoms with E-state index in [9.17, 15) is 0 Å². The van der Waals surface area contributed by atoms with Crippen LogP contribution in [0.2, 0.25) is 0 Å². The van der Waals surface area contributed by atoms with E-state index >= 15 is 4.39 Å². The van der Waals surface area contributed by atoms with E-state index in [2.05, 4.69) is 110 Å². The highest BCUT2D eigenvalue weighted by atomic mass is 19.1. The molecule has 6 aliphatic carbocycles. The zero-order valence-corrected chi connectivity index (χ0v) is 26.1. The summed E-state index contributed by atoms with van der Waals surface area (Å²) in [4.78, 5) is 2.34. The highest BCUT2D eigenvalue weighted by Gasteiger charge is 2.61. The first-order chi connectivity index (χ1) is 21.9. The Labute approximate surface area is 265 Å². The SMILES string of the molecule is CC1(C)c2ccccc2-c2c(N(c3cccc(F)c3)c3ccc4c(c3)C3(c5ccccc5-4)C4CC5CC(C4)CC3C5)cccc21. The predicted octanol–water partition coefficient (Wildman–Crippen LogP) is 11.3. The molecule has 1 nitrogen and oxygen atoms in total. The van der Waals surface area contributed by atoms with Gasteiger partial charge in [0.2, 0.25) is 0 Å². The first-order valence-corrected chi connectivity index (χ1v) is 17.0. The molecule has 11 rings (SSSR count). The van der Waals surface area contributed by atoms with E-state index < -0.39 is 0 Å². The van der Waals surface area contributed by atoms with Gasteiger partial charge in [-0.25, -0.2) is 4.39 Å². The number of hydrogen-bond donors (Lipinski definition) is 0. The van der Waals surface area contributed by atoms with Gasteiger partial charge >= 0.3 is 0 Å². The van der Waals surface area contributed by atoms with Gasteiger partial charge in [0.25, 0.3) is 0 Å². The van der Waals surface area contributed by atoms with E-state index in [1.54, 1.807) is 17.7 Å². The average Bonchev–Trinajstić information content (AvgIpc) is 3.46. The van der Waals surface area contributed by atoms with Gasteiger partial charge in [0.15, 0.2) is 0 Å². The molecule has 0 saturated heterocycles. The molecule has 4 fully saturated rings. The molecule has 0 heterocycles. The molecular formula is C43H38FN. The lowest BCUT2D eigenvalue weighted by Gasteiger charge is -2.61. The van der Waals surface area contributed by atoms with Gasteiger partial charge in [-0.15, -0.1) is 0 Å². The van der Waals surface area contributed by atoms with Gasteiger partial charge < -0.3 is 4.90 Å². The minimum atomic E-state index is -0.211. The minimum absolute atomic E-state index is 0.0796. The van der Waals surface area contributed by atoms with Crippen LogP contribution in [0.3, 0.4) is 0 Å². The number of hydrogen-bond acceptors (Lipinski definition) is 1. The van der Waals surface area contributed by atoms with Crippen LogP contribution in [0.15, 0.2) is 109 Å². The lowest BCUT2D eigenvalue weighted by molar-refractivity contribution is -0.0399. The van der Waals surface area contributed by atoms with Gasteiger partial charge in [0.05, 0.1) is 5.69 Å². The first kappa shape index (κ1) is 26.1. The number of halogens is 1. The molecule has 45 heavy (non-hydrogen) atoms. The summed E-state index contributed by atoms with van der Waals surface area (Å²) in [6.07, 6.45) is 6.88. The van der Waals surface area contributed by atoms with Crippen LogP contribution in [-0.4, -0.2) is 0 Å². The van der Waals surface area contributed by atoms with Gasteiger partial charge in [-0.05, 0) is 131 Å². The van der Waals surface area contributed by atoms with Crippen LogP contribution in [0.5, 0.6) is 0 Å². The fraction of sp³-hybridized carbons (Fsp3) is 0.302. The Morgan fingerprint density at radius 1 is 0.556 bits per heavy atom. The summed E-state index contributed by atoms with van der Waals surface area (Å²) in [6, 6.07) is 39.2. The number of nitrogens with zero attached hydrogens (tertiary/aromatic N) is 1. The predicted molar refractivity (Wildman–Crippen MR) is 182 cm³/mol. The Morgan fingerprint density at radius 3 is 1.93 bits per heavy atom. The molecule has 0 aromatic heterocycles. The summed E-state index contributed by atoms with van der Waals surface area (Å²) in [6.45, 7) is 4.66. The molecule has 222 valence electrons. The van der Waals surface area contributed by atoms with Crippen molar-refractivity contribution in [1.82, 2.24) is 0 Å². The van der Waals surface area contributed by atoms with Crippen LogP contribution in [0.25, 0.3) is 22.3 Å². The summed E-state index contributed by atoms with van der Waals surface area (Å²) < 4.78 is 15.0. The molecular weight excluding hydrogens is 549 g/mol. The Bertz CT molecular complexity index is 2010. The molecule has 4 bridgehead atoms. The third kappa shape index (κ3) is 3.33. The smallest absolute Gasteiger partial charge is 0.125 e. The fourth-order valence-electron chi connectivity index (χ4n) is 11.2. The monoisotopic (exact) mass is 587 g/mol. The molecule has 0 amide bonds. The van der Waals surface area contributed by atoms with E-state index in [4.69, 9.17) is 0 Å². The summed E-state index contributed by atoms with van der Waals surface area (Å²) >= 11 is 0. The third-order valence-corrected chi connectivity index (χ3v) is 12.7. The maximum atomic E-state index is 15.0. The van der Waals surface area contributed by atoms with Gasteiger partial charge in [-0.1, -0.05) is 86.6 Å². The van der Waals surface area contributed by atoms with Crippen LogP contribution in [0, 0.1) is 29.5 Å². The number of benzene rings is 5. The lowest BCUT2D eigenvalue weighted by Crippen LogP contribution is -2.55. The standard InChI is InChI=1S/C43H38FN/c1-42(2)36-13-5-4-12-35(36)41-38(42)15-8-16-40(41)45(31-10-7-9-30(44)24-31)32-17-18-34-33-11-3-6-14-37(33)43(39(34)25-32)28-20-26-19-27(22-28)23-29(43)21-26/h3-18,24-29H,19-23H2,1-2H3. The molecule has 2 heteroatoms. The Hall–Kier alpha value is -4.17. The molecule has 0 unspecified atom stereocenters. The summed E-state index contributed by atoms with van der Waals surface area (Å²) in [5.74, 6) is 2.98. The van der Waals surface area contributed by atoms with Crippen molar-refractivity contribution in [2.24, 2.45) is 23.7 Å². The Kier molecular flexibility index (Phi) is 5.20. The van der Waals surface area contributed by atoms with Gasteiger partial charge in [-0.3, -0.25) is 0 Å². The van der Waals surface area contributed by atoms with Crippen molar-refractivity contribution in [3.63, 3.8) is 0 Å². The molecule has 5 aromatic carbocycles. The highest BCUT2D eigenvalue weighted by molar-refractivity contribution is 5.95. The van der Waals surface area contributed by atoms with Crippen LogP contribution >= 0.6 is 0 Å². The van der Waals surface area contributed by atoms with Gasteiger partial charge in [0, 0.05) is 27.8 Å². The van der Waals surface area contributed by atoms with Crippen LogP contribution < -0.4 is 4.90 Å². The third-order valence-electron chi connectivity index (χ3n) is 12.7. The number of fused-ring (bicyclic) bond motifs is 6. The average molecular weight is 588 g/mol. The molecule has 0 aliphatic heterocycles. The second-order valence-corrected chi connectivity index (χ2v) is 15.1. The van der Waals surface area contributed by atoms with Crippen molar-refractivity contribution in [2.75, 3.05) is 4.90 Å². The van der Waals surface area contributed by atoms with Crippen molar-refractivity contribution in [1.29, 1.82) is 0 Å². The van der Waals surface area contributed by atoms with E-state index in [1.807, 2.05) is 6.07 Å². The summed E-state index contributed by atoms with van der Waals surface area (Å²) in [5, 5.41) is 0. The fourth-order valence-corrected chi connectivity index (χ4v) is 11.2. The quantitative estimate of drug-likeness (QED) is 0.203. The van der Waals surface area contributed by atoms with E-state index in [0.717, 1.165) is 28.9 Å². The summed E-state index contributed by atoms with van der Waals surface area (Å²) in [7, 11) is 0. The maximum Gasteiger partial charge on any atom is 0.125 e. The largest absolute Gasteiger partial charge is 0.310 e. The van der Waals surface area contributed by atoms with E-state index in [1.165, 1.54) is 71.0 Å². The maximum absolute atomic E-state index is 15.0. The Morgan fingerprint density at radius 2 is 1.18 bits per heavy atom. The normalized spacial score (nSPS) is 27.3. The second kappa shape index (κ2) is 8.97. The summed E-state index contributed by atoms with van der Waals surface area (Å²) in [5.41, 5.74) is 14.2. The van der Waals surface area contributed by atoms with E-state index in [0.29, 0.717) is 11.8 Å². The molecule has 6 aliphatic rings. The van der Waals surface area contributed by atoms with Crippen molar-refractivity contribution in [3.05, 3.63) is 137 Å². The van der Waals surface area contributed by atoms with Crippen molar-refractivity contribution in [3.8, 4) is 22.3 Å². The molecule has 1 spiro atoms. The van der Waals surface area contributed by atoms with Crippen molar-refractivity contribution in [2.45, 2.75) is 56.8 Å². The molecule has 4 saturated carbocycles. The number of anilines is 3. The topological polar surface area (TPSA) is 3.24 Å². The van der Waals surface area contributed by atoms with E-state index in [-0.39, 0.29) is 16.6 Å². The van der Waals surface area contributed by atoms with Crippen LogP contribution in [0.4, 0.5) is 21.5 Å². The molecule has 5 aromatic rings. The Balaban J connectivity index is 1.23. The zero-order valence-electron chi connectivity index (χ0n) is 26.1. The van der Waals surface area contributed by atoms with Gasteiger partial charge in [-0.2, -0.15) is 0 Å². The number of rotatable bonds is 3. The first-order valence-electron chi connectivity index (χ1n) is 17.0. The molecule has 0 atom stereocenters. The van der Waals surface area contributed by atoms with Crippen LogP contribution in [-0.2, 0) is 10.8 Å². The molecule has 0 N–H and O–H groups in total. The molecule has 0 radical (unpaired) electrons. The van der Waals surface area contributed by atoms with Crippen LogP contribution in [0.1, 0.15) is 68.2 Å². The highest BCUT2D eigenvalue weighted by Crippen LogP contribution is 2.69. The minimum Gasteiger partial charge on any atom is -0.310 e. The zero-order chi connectivity index (χ0) is 30.1. The van der Waals surface area contributed by atoms with Crippen molar-refractivity contribution < 1.29 is 4.39 Å². The second-order valence-electron chi connectivity index (χ2n) is 15.1. The van der Waals surface area contributed by atoms with Gasteiger partial charge in [0.1, 0.15) is 5.82 Å². The lowest BCUT2D eigenvalue weighted by atomic mass is 9.43.